The van der Waals surface area contributed by atoms with Gasteiger partial charge in [-0.3, -0.25) is 4.79 Å². The molecule has 0 N–H and O–H groups in total. The van der Waals surface area contributed by atoms with E-state index in [0.29, 0.717) is 18.0 Å². The van der Waals surface area contributed by atoms with E-state index in [-0.39, 0.29) is 29.5 Å². The fraction of sp³-hybridized carbons (Fsp3) is 0.381. The average molecular weight is 485 g/mol. The Morgan fingerprint density at radius 2 is 1.74 bits per heavy atom. The second-order valence-electron chi connectivity index (χ2n) is 7.45. The Kier molecular flexibility index (Phi) is 7.41. The molecule has 0 spiro atoms. The molecule has 168 valence electrons. The molecule has 2 aromatic rings. The number of likely N-dealkylation sites (N-methyl/N-ethyl adjacent to an activating group) is 1. The molecule has 0 bridgehead atoms. The first-order chi connectivity index (χ1) is 14.6. The predicted octanol–water partition coefficient (Wildman–Crippen LogP) is 2.57. The fourth-order valence-electron chi connectivity index (χ4n) is 3.67. The zero-order valence-corrected chi connectivity index (χ0v) is 19.5. The summed E-state index contributed by atoms with van der Waals surface area (Å²) in [6.07, 6.45) is 0.366. The highest BCUT2D eigenvalue weighted by molar-refractivity contribution is 7.91. The van der Waals surface area contributed by atoms with Gasteiger partial charge in [-0.25, -0.2) is 16.8 Å². The summed E-state index contributed by atoms with van der Waals surface area (Å²) in [5.74, 6) is -0.467. The van der Waals surface area contributed by atoms with Crippen LogP contribution in [0, 0.1) is 0 Å². The lowest BCUT2D eigenvalue weighted by Gasteiger charge is -2.30. The van der Waals surface area contributed by atoms with Gasteiger partial charge in [0.15, 0.2) is 9.84 Å². The van der Waals surface area contributed by atoms with E-state index < -0.39 is 31.8 Å². The van der Waals surface area contributed by atoms with E-state index in [1.54, 1.807) is 31.2 Å². The highest BCUT2D eigenvalue weighted by Gasteiger charge is 2.36. The zero-order valence-electron chi connectivity index (χ0n) is 17.1. The quantitative estimate of drug-likeness (QED) is 0.574. The van der Waals surface area contributed by atoms with Gasteiger partial charge in [-0.05, 0) is 43.2 Å². The van der Waals surface area contributed by atoms with Crippen molar-refractivity contribution in [2.75, 3.05) is 24.6 Å². The van der Waals surface area contributed by atoms with Crippen LogP contribution in [-0.2, 0) is 31.2 Å². The number of carbonyl (C=O) groups excluding carboxylic acids is 1. The first kappa shape index (κ1) is 23.7. The van der Waals surface area contributed by atoms with Gasteiger partial charge in [0.1, 0.15) is 0 Å². The van der Waals surface area contributed by atoms with Gasteiger partial charge in [0.25, 0.3) is 0 Å². The van der Waals surface area contributed by atoms with Crippen molar-refractivity contribution in [1.29, 1.82) is 0 Å². The molecule has 1 saturated heterocycles. The van der Waals surface area contributed by atoms with E-state index in [4.69, 9.17) is 11.6 Å². The molecule has 1 atom stereocenters. The Labute approximate surface area is 188 Å². The molecule has 1 fully saturated rings. The Morgan fingerprint density at radius 3 is 2.29 bits per heavy atom. The molecule has 1 unspecified atom stereocenters. The van der Waals surface area contributed by atoms with Crippen molar-refractivity contribution >= 4 is 37.4 Å². The molecule has 1 aliphatic heterocycles. The van der Waals surface area contributed by atoms with E-state index in [0.717, 1.165) is 9.87 Å². The zero-order chi connectivity index (χ0) is 22.6. The Bertz CT molecular complexity index is 1120. The maximum Gasteiger partial charge on any atom is 0.243 e. The number of amides is 1. The van der Waals surface area contributed by atoms with Crippen LogP contribution in [0.3, 0.4) is 0 Å². The van der Waals surface area contributed by atoms with Crippen molar-refractivity contribution in [3.8, 4) is 0 Å². The lowest BCUT2D eigenvalue weighted by Crippen LogP contribution is -2.47. The molecule has 7 nitrogen and oxygen atoms in total. The van der Waals surface area contributed by atoms with Crippen LogP contribution in [0.2, 0.25) is 5.02 Å². The first-order valence-corrected chi connectivity index (χ1v) is 13.6. The summed E-state index contributed by atoms with van der Waals surface area (Å²) in [5, 5.41) is 0.407. The topological polar surface area (TPSA) is 91.8 Å². The van der Waals surface area contributed by atoms with Gasteiger partial charge in [-0.1, -0.05) is 41.9 Å². The van der Waals surface area contributed by atoms with Gasteiger partial charge in [-0.2, -0.15) is 4.31 Å². The van der Waals surface area contributed by atoms with Crippen LogP contribution in [-0.4, -0.2) is 62.6 Å². The lowest BCUT2D eigenvalue weighted by atomic mass is 10.2. The van der Waals surface area contributed by atoms with Crippen LogP contribution in [0.15, 0.2) is 59.5 Å². The van der Waals surface area contributed by atoms with Gasteiger partial charge in [0, 0.05) is 24.2 Å². The van der Waals surface area contributed by atoms with E-state index >= 15 is 0 Å². The van der Waals surface area contributed by atoms with Gasteiger partial charge in [0.2, 0.25) is 15.9 Å². The summed E-state index contributed by atoms with van der Waals surface area (Å²) in [4.78, 5) is 14.6. The molecule has 2 aromatic carbocycles. The summed E-state index contributed by atoms with van der Waals surface area (Å²) in [6, 6.07) is 14.3. The second kappa shape index (κ2) is 9.68. The van der Waals surface area contributed by atoms with Crippen LogP contribution in [0.5, 0.6) is 0 Å². The van der Waals surface area contributed by atoms with Crippen molar-refractivity contribution < 1.29 is 21.6 Å². The number of nitrogens with zero attached hydrogens (tertiary/aromatic N) is 2. The first-order valence-electron chi connectivity index (χ1n) is 9.92. The molecule has 0 radical (unpaired) electrons. The van der Waals surface area contributed by atoms with Gasteiger partial charge in [-0.15, -0.1) is 0 Å². The largest absolute Gasteiger partial charge is 0.338 e. The van der Waals surface area contributed by atoms with Crippen molar-refractivity contribution in [2.24, 2.45) is 0 Å². The van der Waals surface area contributed by atoms with Crippen LogP contribution in [0.25, 0.3) is 0 Å². The summed E-state index contributed by atoms with van der Waals surface area (Å²) >= 11 is 5.89. The number of benzene rings is 2. The third-order valence-electron chi connectivity index (χ3n) is 5.27. The molecule has 10 heteroatoms. The van der Waals surface area contributed by atoms with E-state index in [2.05, 4.69) is 0 Å². The van der Waals surface area contributed by atoms with Crippen molar-refractivity contribution in [1.82, 2.24) is 9.21 Å². The van der Waals surface area contributed by atoms with Crippen molar-refractivity contribution in [3.63, 3.8) is 0 Å². The molecule has 0 saturated carbocycles. The normalized spacial score (nSPS) is 18.2. The number of halogens is 1. The average Bonchev–Trinajstić information content (AvgIpc) is 3.08. The standard InChI is InChI=1S/C21H25ClN2O5S2/c1-2-24(19-12-13-30(26,27)16-19)21(25)15-23(14-17-6-4-3-5-7-17)31(28,29)20-10-8-18(22)9-11-20/h3-11,19H,2,12-16H2,1H3. The number of sulfone groups is 1. The Balaban J connectivity index is 1.88. The predicted molar refractivity (Wildman–Crippen MR) is 120 cm³/mol. The van der Waals surface area contributed by atoms with Crippen LogP contribution in [0.4, 0.5) is 0 Å². The Hall–Kier alpha value is -1.94. The minimum Gasteiger partial charge on any atom is -0.338 e. The van der Waals surface area contributed by atoms with E-state index in [1.807, 2.05) is 6.07 Å². The molecular formula is C21H25ClN2O5S2. The fourth-order valence-corrected chi connectivity index (χ4v) is 6.90. The molecule has 0 aliphatic carbocycles. The SMILES string of the molecule is CCN(C(=O)CN(Cc1ccccc1)S(=O)(=O)c1ccc(Cl)cc1)C1CCS(=O)(=O)C1. The molecule has 3 rings (SSSR count). The number of hydrogen-bond donors (Lipinski definition) is 0. The van der Waals surface area contributed by atoms with Gasteiger partial charge in [0.05, 0.1) is 22.9 Å². The van der Waals surface area contributed by atoms with Crippen molar-refractivity contribution in [2.45, 2.75) is 30.8 Å². The summed E-state index contributed by atoms with van der Waals surface area (Å²) < 4.78 is 51.5. The maximum absolute atomic E-state index is 13.3. The van der Waals surface area contributed by atoms with Crippen LogP contribution in [0.1, 0.15) is 18.9 Å². The summed E-state index contributed by atoms with van der Waals surface area (Å²) in [5.41, 5.74) is 0.735. The molecular weight excluding hydrogens is 460 g/mol. The summed E-state index contributed by atoms with van der Waals surface area (Å²) in [7, 11) is -7.17. The van der Waals surface area contributed by atoms with E-state index in [9.17, 15) is 21.6 Å². The van der Waals surface area contributed by atoms with Crippen molar-refractivity contribution in [3.05, 3.63) is 65.2 Å². The number of rotatable bonds is 8. The van der Waals surface area contributed by atoms with Crippen LogP contribution < -0.4 is 0 Å². The number of hydrogen-bond acceptors (Lipinski definition) is 5. The minimum absolute atomic E-state index is 0.0120. The summed E-state index contributed by atoms with van der Waals surface area (Å²) in [6.45, 7) is 1.69. The molecule has 0 aromatic heterocycles. The highest BCUT2D eigenvalue weighted by Crippen LogP contribution is 2.22. The van der Waals surface area contributed by atoms with Gasteiger partial charge >= 0.3 is 0 Å². The molecule has 1 aliphatic rings. The Morgan fingerprint density at radius 1 is 1.10 bits per heavy atom. The second-order valence-corrected chi connectivity index (χ2v) is 12.1. The highest BCUT2D eigenvalue weighted by atomic mass is 35.5. The van der Waals surface area contributed by atoms with E-state index in [1.165, 1.54) is 29.2 Å². The van der Waals surface area contributed by atoms with Crippen LogP contribution >= 0.6 is 11.6 Å². The smallest absolute Gasteiger partial charge is 0.243 e. The van der Waals surface area contributed by atoms with Gasteiger partial charge < -0.3 is 4.90 Å². The maximum atomic E-state index is 13.3. The lowest BCUT2D eigenvalue weighted by molar-refractivity contribution is -0.133. The number of sulfonamides is 1. The monoisotopic (exact) mass is 484 g/mol. The third kappa shape index (κ3) is 5.85. The number of carbonyl (C=O) groups is 1. The minimum atomic E-state index is -3.99. The molecule has 1 amide bonds. The molecule has 1 heterocycles. The third-order valence-corrected chi connectivity index (χ3v) is 9.08. The molecule has 31 heavy (non-hydrogen) atoms.